The average molecular weight is 382 g/mol. The lowest BCUT2D eigenvalue weighted by atomic mass is 10.1. The monoisotopic (exact) mass is 382 g/mol. The van der Waals surface area contributed by atoms with Crippen LogP contribution in [0.3, 0.4) is 0 Å². The maximum absolute atomic E-state index is 12.9. The first-order chi connectivity index (χ1) is 13.1. The summed E-state index contributed by atoms with van der Waals surface area (Å²) in [6.45, 7) is 0.338. The number of hydrogen-bond donors (Lipinski definition) is 1. The van der Waals surface area contributed by atoms with E-state index in [4.69, 9.17) is 9.84 Å². The first kappa shape index (κ1) is 18.7. The molecule has 6 nitrogen and oxygen atoms in total. The maximum atomic E-state index is 12.9. The van der Waals surface area contributed by atoms with E-state index in [0.717, 1.165) is 28.6 Å². The van der Waals surface area contributed by atoms with Crippen molar-refractivity contribution < 1.29 is 19.4 Å². The normalized spacial score (nSPS) is 15.1. The summed E-state index contributed by atoms with van der Waals surface area (Å²) in [4.78, 5) is 29.7. The highest BCUT2D eigenvalue weighted by molar-refractivity contribution is 8.14. The number of amidine groups is 1. The van der Waals surface area contributed by atoms with Crippen molar-refractivity contribution in [3.05, 3.63) is 71.4 Å². The summed E-state index contributed by atoms with van der Waals surface area (Å²) in [5, 5.41) is 9.35. The van der Waals surface area contributed by atoms with E-state index in [9.17, 15) is 9.59 Å². The zero-order chi connectivity index (χ0) is 19.2. The number of benzene rings is 2. The standard InChI is InChI=1S/C20H18N2O4S/c1-26-16-9-7-14(8-10-16)11-17-19(25)22(12-15-5-3-2-4-6-15)20(21-17)27-13-18(23)24/h2-11H,12-13H2,1H3,(H,23,24). The molecule has 0 unspecified atom stereocenters. The van der Waals surface area contributed by atoms with Crippen molar-refractivity contribution >= 4 is 34.9 Å². The molecule has 0 aromatic heterocycles. The van der Waals surface area contributed by atoms with Crippen LogP contribution in [-0.4, -0.2) is 39.9 Å². The summed E-state index contributed by atoms with van der Waals surface area (Å²) < 4.78 is 5.13. The molecule has 0 bridgehead atoms. The van der Waals surface area contributed by atoms with Crippen LogP contribution in [0.5, 0.6) is 5.75 Å². The molecule has 0 spiro atoms. The first-order valence-electron chi connectivity index (χ1n) is 8.21. The zero-order valence-corrected chi connectivity index (χ0v) is 15.5. The van der Waals surface area contributed by atoms with Crippen LogP contribution in [0.15, 0.2) is 65.3 Å². The second-order valence-electron chi connectivity index (χ2n) is 5.76. The highest BCUT2D eigenvalue weighted by atomic mass is 32.2. The molecule has 138 valence electrons. The van der Waals surface area contributed by atoms with Crippen molar-refractivity contribution in [2.24, 2.45) is 4.99 Å². The molecular formula is C20H18N2O4S. The van der Waals surface area contributed by atoms with Gasteiger partial charge in [-0.3, -0.25) is 14.5 Å². The van der Waals surface area contributed by atoms with E-state index >= 15 is 0 Å². The van der Waals surface area contributed by atoms with Gasteiger partial charge in [0.15, 0.2) is 5.17 Å². The van der Waals surface area contributed by atoms with Crippen LogP contribution in [0, 0.1) is 0 Å². The van der Waals surface area contributed by atoms with Gasteiger partial charge in [-0.05, 0) is 29.3 Å². The predicted molar refractivity (Wildman–Crippen MR) is 105 cm³/mol. The third-order valence-corrected chi connectivity index (χ3v) is 4.80. The zero-order valence-electron chi connectivity index (χ0n) is 14.7. The number of carboxylic acid groups (broad SMARTS) is 1. The number of hydrogen-bond acceptors (Lipinski definition) is 5. The van der Waals surface area contributed by atoms with E-state index in [-0.39, 0.29) is 17.4 Å². The molecule has 27 heavy (non-hydrogen) atoms. The molecule has 2 aromatic rings. The Balaban J connectivity index is 1.86. The number of aliphatic imine (C=N–C) groups is 1. The fourth-order valence-electron chi connectivity index (χ4n) is 2.53. The van der Waals surface area contributed by atoms with Gasteiger partial charge in [-0.1, -0.05) is 54.2 Å². The quantitative estimate of drug-likeness (QED) is 0.776. The third-order valence-electron chi connectivity index (χ3n) is 3.84. The van der Waals surface area contributed by atoms with Gasteiger partial charge in [0.05, 0.1) is 19.4 Å². The molecule has 1 aliphatic heterocycles. The van der Waals surface area contributed by atoms with E-state index in [2.05, 4.69) is 4.99 Å². The number of carboxylic acids is 1. The Morgan fingerprint density at radius 2 is 1.89 bits per heavy atom. The highest BCUT2D eigenvalue weighted by Crippen LogP contribution is 2.26. The van der Waals surface area contributed by atoms with Gasteiger partial charge in [-0.25, -0.2) is 4.99 Å². The summed E-state index contributed by atoms with van der Waals surface area (Å²) in [5.74, 6) is -0.639. The van der Waals surface area contributed by atoms with Gasteiger partial charge in [-0.2, -0.15) is 0 Å². The molecule has 0 fully saturated rings. The number of carbonyl (C=O) groups is 2. The number of rotatable bonds is 6. The molecule has 0 radical (unpaired) electrons. The Bertz CT molecular complexity index is 892. The molecule has 1 N–H and O–H groups in total. The Hall–Kier alpha value is -3.06. The van der Waals surface area contributed by atoms with Gasteiger partial charge in [0.1, 0.15) is 11.4 Å². The lowest BCUT2D eigenvalue weighted by Crippen LogP contribution is -2.30. The number of thioether (sulfide) groups is 1. The summed E-state index contributed by atoms with van der Waals surface area (Å²) in [7, 11) is 1.59. The van der Waals surface area contributed by atoms with Crippen LogP contribution in [-0.2, 0) is 16.1 Å². The molecule has 2 aromatic carbocycles. The lowest BCUT2D eigenvalue weighted by molar-refractivity contribution is -0.134. The van der Waals surface area contributed by atoms with Crippen LogP contribution in [0.25, 0.3) is 6.08 Å². The van der Waals surface area contributed by atoms with Crippen molar-refractivity contribution in [1.29, 1.82) is 0 Å². The van der Waals surface area contributed by atoms with Crippen LogP contribution < -0.4 is 4.74 Å². The Kier molecular flexibility index (Phi) is 5.93. The van der Waals surface area contributed by atoms with Crippen LogP contribution >= 0.6 is 11.8 Å². The molecule has 1 heterocycles. The lowest BCUT2D eigenvalue weighted by Gasteiger charge is -2.17. The van der Waals surface area contributed by atoms with Crippen molar-refractivity contribution in [3.63, 3.8) is 0 Å². The van der Waals surface area contributed by atoms with Crippen molar-refractivity contribution in [1.82, 2.24) is 4.90 Å². The van der Waals surface area contributed by atoms with Gasteiger partial charge in [-0.15, -0.1) is 0 Å². The molecule has 0 saturated heterocycles. The van der Waals surface area contributed by atoms with E-state index in [0.29, 0.717) is 11.7 Å². The SMILES string of the molecule is COc1ccc(C=C2N=C(SCC(=O)O)N(Cc3ccccc3)C2=O)cc1. The van der Waals surface area contributed by atoms with Gasteiger partial charge in [0, 0.05) is 0 Å². The fourth-order valence-corrected chi connectivity index (χ4v) is 3.25. The average Bonchev–Trinajstić information content (AvgIpc) is 2.97. The molecule has 7 heteroatoms. The molecule has 0 saturated carbocycles. The van der Waals surface area contributed by atoms with Gasteiger partial charge in [0.2, 0.25) is 0 Å². The van der Waals surface area contributed by atoms with Crippen molar-refractivity contribution in [2.45, 2.75) is 6.54 Å². The largest absolute Gasteiger partial charge is 0.497 e. The second-order valence-corrected chi connectivity index (χ2v) is 6.70. The molecule has 3 rings (SSSR count). The van der Waals surface area contributed by atoms with Gasteiger partial charge >= 0.3 is 5.97 Å². The van der Waals surface area contributed by atoms with E-state index in [1.54, 1.807) is 25.3 Å². The summed E-state index contributed by atoms with van der Waals surface area (Å²) in [6.07, 6.45) is 1.69. The van der Waals surface area contributed by atoms with Crippen LogP contribution in [0.1, 0.15) is 11.1 Å². The fraction of sp³-hybridized carbons (Fsp3) is 0.150. The minimum absolute atomic E-state index is 0.160. The highest BCUT2D eigenvalue weighted by Gasteiger charge is 2.31. The number of carbonyl (C=O) groups excluding carboxylic acids is 1. The number of aliphatic carboxylic acids is 1. The molecular weight excluding hydrogens is 364 g/mol. The summed E-state index contributed by atoms with van der Waals surface area (Å²) in [5.41, 5.74) is 2.04. The molecule has 0 aliphatic carbocycles. The third kappa shape index (κ3) is 4.77. The first-order valence-corrected chi connectivity index (χ1v) is 9.20. The minimum Gasteiger partial charge on any atom is -0.497 e. The number of nitrogens with zero attached hydrogens (tertiary/aromatic N) is 2. The Morgan fingerprint density at radius 1 is 1.19 bits per heavy atom. The predicted octanol–water partition coefficient (Wildman–Crippen LogP) is 3.25. The van der Waals surface area contributed by atoms with E-state index in [1.165, 1.54) is 4.90 Å². The maximum Gasteiger partial charge on any atom is 0.313 e. The number of ether oxygens (including phenoxy) is 1. The Labute approximate surface area is 161 Å². The number of amides is 1. The minimum atomic E-state index is -0.956. The molecule has 0 atom stereocenters. The molecule has 1 aliphatic rings. The summed E-state index contributed by atoms with van der Waals surface area (Å²) in [6, 6.07) is 16.8. The van der Waals surface area contributed by atoms with Crippen LogP contribution in [0.2, 0.25) is 0 Å². The Morgan fingerprint density at radius 3 is 2.52 bits per heavy atom. The summed E-state index contributed by atoms with van der Waals surface area (Å²) >= 11 is 1.04. The number of methoxy groups -OCH3 is 1. The van der Waals surface area contributed by atoms with E-state index < -0.39 is 5.97 Å². The second kappa shape index (κ2) is 8.55. The van der Waals surface area contributed by atoms with Crippen LogP contribution in [0.4, 0.5) is 0 Å². The van der Waals surface area contributed by atoms with Crippen molar-refractivity contribution in [2.75, 3.05) is 12.9 Å². The molecule has 1 amide bonds. The van der Waals surface area contributed by atoms with Gasteiger partial charge in [0.25, 0.3) is 5.91 Å². The van der Waals surface area contributed by atoms with Gasteiger partial charge < -0.3 is 9.84 Å². The van der Waals surface area contributed by atoms with Crippen molar-refractivity contribution in [3.8, 4) is 5.75 Å². The van der Waals surface area contributed by atoms with E-state index in [1.807, 2.05) is 42.5 Å². The topological polar surface area (TPSA) is 79.2 Å². The smallest absolute Gasteiger partial charge is 0.313 e.